The van der Waals surface area contributed by atoms with Crippen LogP contribution in [-0.4, -0.2) is 36.8 Å². The molecule has 0 amide bonds. The quantitative estimate of drug-likeness (QED) is 0.607. The fourth-order valence-electron chi connectivity index (χ4n) is 0.250. The number of rotatable bonds is 2. The number of hydrogen-bond donors (Lipinski definition) is 1. The summed E-state index contributed by atoms with van der Waals surface area (Å²) >= 11 is 0. The Kier molecular flexibility index (Phi) is 15.2. The number of hydrogen-bond acceptors (Lipinski definition) is 1. The summed E-state index contributed by atoms with van der Waals surface area (Å²) in [5.41, 5.74) is 0. The van der Waals surface area contributed by atoms with Crippen LogP contribution in [0.3, 0.4) is 0 Å². The summed E-state index contributed by atoms with van der Waals surface area (Å²) in [5, 5.41) is 3.11. The summed E-state index contributed by atoms with van der Waals surface area (Å²) in [5.74, 6) is 0. The second-order valence-corrected chi connectivity index (χ2v) is 0.957. The van der Waals surface area contributed by atoms with Crippen LogP contribution in [0.4, 0.5) is 0 Å². The number of nitrogens with one attached hydrogen (secondary N) is 1. The van der Waals surface area contributed by atoms with Crippen molar-refractivity contribution in [2.24, 2.45) is 0 Å². The molecule has 0 heterocycles. The average molecular weight is 203 g/mol. The van der Waals surface area contributed by atoms with E-state index in [1.54, 1.807) is 0 Å². The van der Waals surface area contributed by atoms with E-state index in [2.05, 4.69) is 19.2 Å². The van der Waals surface area contributed by atoms with Crippen LogP contribution in [0.25, 0.3) is 0 Å². The zero-order valence-corrected chi connectivity index (χ0v) is 7.27. The first-order valence-electron chi connectivity index (χ1n) is 2.12. The Labute approximate surface area is 56.2 Å². The Morgan fingerprint density at radius 3 is 1.50 bits per heavy atom. The summed E-state index contributed by atoms with van der Waals surface area (Å²) in [6.07, 6.45) is 0. The molecule has 0 aliphatic heterocycles. The summed E-state index contributed by atoms with van der Waals surface area (Å²) in [6.45, 7) is 6.39. The predicted octanol–water partition coefficient (Wildman–Crippen LogP) is -0.300. The molecule has 0 aliphatic rings. The van der Waals surface area contributed by atoms with Gasteiger partial charge in [-0.3, -0.25) is 0 Å². The SMILES string of the molecule is CCNCC.[TeH2]. The van der Waals surface area contributed by atoms with Gasteiger partial charge in [-0.1, -0.05) is 13.8 Å². The third kappa shape index (κ3) is 8.83. The van der Waals surface area contributed by atoms with Crippen LogP contribution >= 0.6 is 0 Å². The Bertz CT molecular complexity index is 15.0. The monoisotopic (exact) mass is 205 g/mol. The summed E-state index contributed by atoms with van der Waals surface area (Å²) in [4.78, 5) is 0. The van der Waals surface area contributed by atoms with Crippen LogP contribution in [0.5, 0.6) is 0 Å². The molecule has 0 aromatic heterocycles. The molecule has 0 unspecified atom stereocenters. The van der Waals surface area contributed by atoms with Gasteiger partial charge in [0.25, 0.3) is 0 Å². The Balaban J connectivity index is 0. The first-order chi connectivity index (χ1) is 2.41. The van der Waals surface area contributed by atoms with Crippen LogP contribution in [0.15, 0.2) is 0 Å². The Morgan fingerprint density at radius 2 is 1.50 bits per heavy atom. The van der Waals surface area contributed by atoms with Crippen molar-refractivity contribution in [3.8, 4) is 0 Å². The topological polar surface area (TPSA) is 12.0 Å². The van der Waals surface area contributed by atoms with E-state index in [0.29, 0.717) is 0 Å². The third-order valence-electron chi connectivity index (χ3n) is 0.500. The molecule has 0 bridgehead atoms. The predicted molar refractivity (Wildman–Crippen MR) is 32.8 cm³/mol. The zero-order valence-electron chi connectivity index (χ0n) is 4.41. The van der Waals surface area contributed by atoms with Gasteiger partial charge in [0.15, 0.2) is 0 Å². The molecular formula is C4H13NTe. The molecule has 1 N–H and O–H groups in total. The van der Waals surface area contributed by atoms with Gasteiger partial charge >= 0.3 is 23.7 Å². The average Bonchev–Trinajstić information content (AvgIpc) is 1.41. The van der Waals surface area contributed by atoms with E-state index < -0.39 is 0 Å². The van der Waals surface area contributed by atoms with Gasteiger partial charge in [0.2, 0.25) is 0 Å². The minimum atomic E-state index is 0. The molecule has 1 nitrogen and oxygen atoms in total. The first-order valence-corrected chi connectivity index (χ1v) is 2.12. The molecule has 0 spiro atoms. The Morgan fingerprint density at radius 1 is 1.17 bits per heavy atom. The maximum absolute atomic E-state index is 3.11. The third-order valence-corrected chi connectivity index (χ3v) is 0.500. The molecule has 0 aromatic rings. The van der Waals surface area contributed by atoms with Crippen molar-refractivity contribution in [1.29, 1.82) is 0 Å². The maximum atomic E-state index is 3.11. The zero-order chi connectivity index (χ0) is 4.12. The molecule has 0 aliphatic carbocycles. The fraction of sp³-hybridized carbons (Fsp3) is 1.00. The van der Waals surface area contributed by atoms with Gasteiger partial charge in [0, 0.05) is 0 Å². The van der Waals surface area contributed by atoms with Crippen molar-refractivity contribution in [1.82, 2.24) is 5.32 Å². The summed E-state index contributed by atoms with van der Waals surface area (Å²) in [6, 6.07) is 0. The van der Waals surface area contributed by atoms with Gasteiger partial charge in [0.05, 0.1) is 0 Å². The van der Waals surface area contributed by atoms with Crippen molar-refractivity contribution >= 4 is 23.7 Å². The van der Waals surface area contributed by atoms with Crippen LogP contribution in [-0.2, 0) is 0 Å². The first kappa shape index (κ1) is 9.89. The molecule has 0 atom stereocenters. The van der Waals surface area contributed by atoms with Gasteiger partial charge in [-0.25, -0.2) is 0 Å². The van der Waals surface area contributed by atoms with Gasteiger partial charge in [-0.05, 0) is 13.1 Å². The van der Waals surface area contributed by atoms with Crippen molar-refractivity contribution in [2.45, 2.75) is 13.8 Å². The van der Waals surface area contributed by atoms with Crippen LogP contribution < -0.4 is 5.32 Å². The van der Waals surface area contributed by atoms with E-state index in [0.717, 1.165) is 13.1 Å². The van der Waals surface area contributed by atoms with Crippen LogP contribution in [0.2, 0.25) is 0 Å². The van der Waals surface area contributed by atoms with Crippen molar-refractivity contribution in [3.63, 3.8) is 0 Å². The molecule has 0 radical (unpaired) electrons. The minimum absolute atomic E-state index is 0. The van der Waals surface area contributed by atoms with Gasteiger partial charge in [-0.2, -0.15) is 0 Å². The van der Waals surface area contributed by atoms with E-state index in [1.807, 2.05) is 0 Å². The van der Waals surface area contributed by atoms with Crippen LogP contribution in [0.1, 0.15) is 13.8 Å². The van der Waals surface area contributed by atoms with Crippen molar-refractivity contribution in [2.75, 3.05) is 13.1 Å². The molecule has 6 heavy (non-hydrogen) atoms. The van der Waals surface area contributed by atoms with Crippen LogP contribution in [0, 0.1) is 0 Å². The molecule has 0 saturated carbocycles. The standard InChI is InChI=1S/C4H11N.H2Te/c1-3-5-4-2;/h5H,3-4H2,1-2H3;1H2. The van der Waals surface area contributed by atoms with Gasteiger partial charge in [-0.15, -0.1) is 0 Å². The molecule has 0 aromatic carbocycles. The second kappa shape index (κ2) is 9.23. The molecule has 40 valence electrons. The van der Waals surface area contributed by atoms with Gasteiger partial charge in [0.1, 0.15) is 0 Å². The van der Waals surface area contributed by atoms with Crippen molar-refractivity contribution < 1.29 is 0 Å². The second-order valence-electron chi connectivity index (χ2n) is 0.957. The fourth-order valence-corrected chi connectivity index (χ4v) is 0.250. The van der Waals surface area contributed by atoms with E-state index >= 15 is 0 Å². The summed E-state index contributed by atoms with van der Waals surface area (Å²) in [7, 11) is 0. The summed E-state index contributed by atoms with van der Waals surface area (Å²) < 4.78 is 0. The normalized spacial score (nSPS) is 7.00. The Hall–Kier alpha value is 0.750. The van der Waals surface area contributed by atoms with E-state index in [4.69, 9.17) is 0 Å². The molecule has 0 saturated heterocycles. The van der Waals surface area contributed by atoms with E-state index in [-0.39, 0.29) is 23.7 Å². The van der Waals surface area contributed by atoms with E-state index in [9.17, 15) is 0 Å². The van der Waals surface area contributed by atoms with E-state index in [1.165, 1.54) is 0 Å². The van der Waals surface area contributed by atoms with Gasteiger partial charge < -0.3 is 5.32 Å². The molecular weight excluding hydrogens is 190 g/mol. The molecule has 0 fully saturated rings. The molecule has 0 rings (SSSR count). The van der Waals surface area contributed by atoms with Crippen molar-refractivity contribution in [3.05, 3.63) is 0 Å². The molecule has 2 heteroatoms.